The molecule has 0 unspecified atom stereocenters. The van der Waals surface area contributed by atoms with E-state index in [2.05, 4.69) is 91.0 Å². The predicted molar refractivity (Wildman–Crippen MR) is 195 cm³/mol. The lowest BCUT2D eigenvalue weighted by Gasteiger charge is -2.18. The van der Waals surface area contributed by atoms with Gasteiger partial charge in [-0.05, 0) is 56.3 Å². The Morgan fingerprint density at radius 2 is 0.812 bits per heavy atom. The van der Waals surface area contributed by atoms with Crippen LogP contribution in [0, 0.1) is 11.3 Å². The molecule has 0 aliphatic rings. The molecule has 0 aliphatic heterocycles. The third kappa shape index (κ3) is 5.51. The van der Waals surface area contributed by atoms with Gasteiger partial charge in [-0.2, -0.15) is 5.26 Å². The first-order valence-electron chi connectivity index (χ1n) is 15.8. The van der Waals surface area contributed by atoms with Crippen molar-refractivity contribution >= 4 is 10.8 Å². The number of rotatable bonds is 6. The minimum absolute atomic E-state index is 0.624. The molecule has 0 bridgehead atoms. The molecule has 0 spiro atoms. The van der Waals surface area contributed by atoms with Crippen molar-refractivity contribution in [1.82, 2.24) is 15.0 Å². The third-order valence-corrected chi connectivity index (χ3v) is 8.60. The molecule has 8 rings (SSSR count). The van der Waals surface area contributed by atoms with E-state index in [-0.39, 0.29) is 0 Å². The smallest absolute Gasteiger partial charge is 0.164 e. The molecule has 8 aromatic rings. The maximum Gasteiger partial charge on any atom is 0.164 e. The van der Waals surface area contributed by atoms with Crippen LogP contribution in [0.2, 0.25) is 0 Å². The molecular weight excluding hydrogens is 585 g/mol. The Kier molecular flexibility index (Phi) is 7.54. The highest BCUT2D eigenvalue weighted by molar-refractivity contribution is 6.07. The summed E-state index contributed by atoms with van der Waals surface area (Å²) in [6.07, 6.45) is 0. The van der Waals surface area contributed by atoms with Crippen molar-refractivity contribution in [2.75, 3.05) is 0 Å². The first kappa shape index (κ1) is 28.8. The van der Waals surface area contributed by atoms with Crippen molar-refractivity contribution in [3.63, 3.8) is 0 Å². The number of nitrogens with zero attached hydrogens (tertiary/aromatic N) is 4. The first-order valence-corrected chi connectivity index (χ1v) is 15.8. The van der Waals surface area contributed by atoms with E-state index < -0.39 is 0 Å². The van der Waals surface area contributed by atoms with Gasteiger partial charge in [0, 0.05) is 16.7 Å². The fraction of sp³-hybridized carbons (Fsp3) is 0. The monoisotopic (exact) mass is 612 g/mol. The van der Waals surface area contributed by atoms with Gasteiger partial charge < -0.3 is 0 Å². The lowest BCUT2D eigenvalue weighted by atomic mass is 9.86. The normalized spacial score (nSPS) is 10.9. The van der Waals surface area contributed by atoms with Gasteiger partial charge in [0.25, 0.3) is 0 Å². The summed E-state index contributed by atoms with van der Waals surface area (Å²) in [7, 11) is 0. The van der Waals surface area contributed by atoms with E-state index in [0.29, 0.717) is 23.0 Å². The van der Waals surface area contributed by atoms with Gasteiger partial charge in [-0.25, -0.2) is 15.0 Å². The summed E-state index contributed by atoms with van der Waals surface area (Å²) in [6, 6.07) is 60.0. The molecule has 4 heteroatoms. The molecule has 4 nitrogen and oxygen atoms in total. The second-order valence-electron chi connectivity index (χ2n) is 11.6. The van der Waals surface area contributed by atoms with E-state index in [9.17, 15) is 5.26 Å². The third-order valence-electron chi connectivity index (χ3n) is 8.60. The Balaban J connectivity index is 1.26. The van der Waals surface area contributed by atoms with Gasteiger partial charge in [-0.3, -0.25) is 0 Å². The second kappa shape index (κ2) is 12.6. The highest BCUT2D eigenvalue weighted by Gasteiger charge is 2.17. The van der Waals surface area contributed by atoms with Crippen LogP contribution >= 0.6 is 0 Å². The van der Waals surface area contributed by atoms with Gasteiger partial charge in [-0.15, -0.1) is 0 Å². The van der Waals surface area contributed by atoms with Crippen molar-refractivity contribution in [2.24, 2.45) is 0 Å². The Labute approximate surface area is 279 Å². The number of fused-ring (bicyclic) bond motifs is 1. The summed E-state index contributed by atoms with van der Waals surface area (Å²) in [5.41, 5.74) is 10.1. The van der Waals surface area contributed by atoms with E-state index in [1.807, 2.05) is 84.9 Å². The van der Waals surface area contributed by atoms with Crippen molar-refractivity contribution < 1.29 is 0 Å². The van der Waals surface area contributed by atoms with Crippen LogP contribution < -0.4 is 0 Å². The Bertz CT molecular complexity index is 2370. The number of nitriles is 1. The van der Waals surface area contributed by atoms with Gasteiger partial charge in [0.1, 0.15) is 0 Å². The molecule has 7 aromatic carbocycles. The molecule has 0 radical (unpaired) electrons. The van der Waals surface area contributed by atoms with Crippen LogP contribution in [-0.4, -0.2) is 15.0 Å². The van der Waals surface area contributed by atoms with Crippen LogP contribution in [0.1, 0.15) is 5.56 Å². The zero-order valence-electron chi connectivity index (χ0n) is 26.0. The van der Waals surface area contributed by atoms with Gasteiger partial charge >= 0.3 is 0 Å². The fourth-order valence-corrected chi connectivity index (χ4v) is 6.22. The topological polar surface area (TPSA) is 62.5 Å². The van der Waals surface area contributed by atoms with Crippen molar-refractivity contribution in [3.05, 3.63) is 175 Å². The van der Waals surface area contributed by atoms with Crippen LogP contribution in [0.4, 0.5) is 0 Å². The molecule has 0 saturated heterocycles. The molecule has 1 heterocycles. The summed E-state index contributed by atoms with van der Waals surface area (Å²) in [5, 5.41) is 11.7. The molecule has 0 aliphatic carbocycles. The van der Waals surface area contributed by atoms with Gasteiger partial charge in [0.05, 0.1) is 11.6 Å². The highest BCUT2D eigenvalue weighted by Crippen LogP contribution is 2.42. The van der Waals surface area contributed by atoms with Crippen LogP contribution in [-0.2, 0) is 0 Å². The van der Waals surface area contributed by atoms with Crippen molar-refractivity contribution in [1.29, 1.82) is 5.26 Å². The molecule has 0 N–H and O–H groups in total. The summed E-state index contributed by atoms with van der Waals surface area (Å²) >= 11 is 0. The quantitative estimate of drug-likeness (QED) is 0.187. The zero-order chi connectivity index (χ0) is 32.3. The summed E-state index contributed by atoms with van der Waals surface area (Å²) in [6.45, 7) is 0. The van der Waals surface area contributed by atoms with Crippen LogP contribution in [0.5, 0.6) is 0 Å². The Morgan fingerprint density at radius 3 is 1.42 bits per heavy atom. The second-order valence-corrected chi connectivity index (χ2v) is 11.6. The summed E-state index contributed by atoms with van der Waals surface area (Å²) in [4.78, 5) is 14.7. The fourth-order valence-electron chi connectivity index (χ4n) is 6.22. The average Bonchev–Trinajstić information content (AvgIpc) is 3.18. The number of hydrogen-bond donors (Lipinski definition) is 0. The van der Waals surface area contributed by atoms with E-state index >= 15 is 0 Å². The van der Waals surface area contributed by atoms with E-state index in [0.717, 1.165) is 44.5 Å². The average molecular weight is 613 g/mol. The molecular formula is C44H28N4. The zero-order valence-corrected chi connectivity index (χ0v) is 26.0. The van der Waals surface area contributed by atoms with Gasteiger partial charge in [-0.1, -0.05) is 158 Å². The molecule has 0 saturated carbocycles. The summed E-state index contributed by atoms with van der Waals surface area (Å²) < 4.78 is 0. The highest BCUT2D eigenvalue weighted by atomic mass is 15.0. The predicted octanol–water partition coefficient (Wildman–Crippen LogP) is 10.9. The maximum atomic E-state index is 9.38. The summed E-state index contributed by atoms with van der Waals surface area (Å²) in [5.74, 6) is 1.90. The lowest BCUT2D eigenvalue weighted by Crippen LogP contribution is -2.00. The minimum Gasteiger partial charge on any atom is -0.208 e. The van der Waals surface area contributed by atoms with Crippen LogP contribution in [0.25, 0.3) is 78.3 Å². The molecule has 1 aromatic heterocycles. The number of hydrogen-bond acceptors (Lipinski definition) is 4. The van der Waals surface area contributed by atoms with E-state index in [1.165, 1.54) is 16.3 Å². The van der Waals surface area contributed by atoms with Gasteiger partial charge in [0.15, 0.2) is 17.5 Å². The standard InChI is InChI=1S/C44H28N4/c45-29-30-19-21-32(22-20-30)37-16-9-10-18-40(37)41-38-17-8-7-11-31(38)27-28-39(41)33-23-25-36(26-24-33)44-47-42(34-12-3-1-4-13-34)46-43(48-44)35-14-5-2-6-15-35/h1-28H. The molecule has 224 valence electrons. The number of benzene rings is 7. The van der Waals surface area contributed by atoms with Crippen molar-refractivity contribution in [2.45, 2.75) is 0 Å². The largest absolute Gasteiger partial charge is 0.208 e. The SMILES string of the molecule is N#Cc1ccc(-c2ccccc2-c2c(-c3ccc(-c4nc(-c5ccccc5)nc(-c5ccccc5)n4)cc3)ccc3ccccc23)cc1. The number of aromatic nitrogens is 3. The van der Waals surface area contributed by atoms with E-state index in [4.69, 9.17) is 15.0 Å². The molecule has 0 amide bonds. The Morgan fingerprint density at radius 1 is 0.354 bits per heavy atom. The van der Waals surface area contributed by atoms with Crippen LogP contribution in [0.15, 0.2) is 170 Å². The lowest BCUT2D eigenvalue weighted by molar-refractivity contribution is 1.07. The first-order chi connectivity index (χ1) is 23.7. The van der Waals surface area contributed by atoms with E-state index in [1.54, 1.807) is 0 Å². The van der Waals surface area contributed by atoms with Crippen LogP contribution in [0.3, 0.4) is 0 Å². The molecule has 0 fully saturated rings. The molecule has 0 atom stereocenters. The minimum atomic E-state index is 0.624. The molecule has 48 heavy (non-hydrogen) atoms. The Hall–Kier alpha value is -6.70. The maximum absolute atomic E-state index is 9.38. The van der Waals surface area contributed by atoms with Crippen molar-refractivity contribution in [3.8, 4) is 73.6 Å². The van der Waals surface area contributed by atoms with Gasteiger partial charge in [0.2, 0.25) is 0 Å².